The summed E-state index contributed by atoms with van der Waals surface area (Å²) < 4.78 is 22.1. The van der Waals surface area contributed by atoms with Gasteiger partial charge in [-0.25, -0.2) is 0 Å². The van der Waals surface area contributed by atoms with Crippen LogP contribution in [0.25, 0.3) is 0 Å². The molecule has 1 fully saturated rings. The number of carbonyl (C=O) groups is 2. The van der Waals surface area contributed by atoms with Crippen molar-refractivity contribution in [1.29, 1.82) is 0 Å². The Balaban J connectivity index is 2.32. The second-order valence-electron chi connectivity index (χ2n) is 16.5. The van der Waals surface area contributed by atoms with Gasteiger partial charge in [-0.3, -0.25) is 9.59 Å². The van der Waals surface area contributed by atoms with E-state index in [0.29, 0.717) is 12.8 Å². The predicted octanol–water partition coefficient (Wildman–Crippen LogP) is 11.0. The Morgan fingerprint density at radius 2 is 0.967 bits per heavy atom. The van der Waals surface area contributed by atoms with Crippen LogP contribution in [-0.2, 0) is 28.5 Å². The second-order valence-corrected chi connectivity index (χ2v) is 16.5. The number of unbranched alkanes of at least 4 members (excludes halogenated alkanes) is 19. The molecule has 6 atom stereocenters. The highest BCUT2D eigenvalue weighted by Gasteiger charge is 2.44. The van der Waals surface area contributed by atoms with E-state index in [2.05, 4.69) is 68.5 Å². The number of allylic oxidation sites excluding steroid dienone is 10. The second kappa shape index (κ2) is 41.4. The minimum atomic E-state index is -1.61. The normalized spacial score (nSPS) is 20.3. The highest BCUT2D eigenvalue weighted by molar-refractivity contribution is 5.70. The maximum atomic E-state index is 12.8. The fourth-order valence-corrected chi connectivity index (χ4v) is 7.11. The fraction of sp³-hybridized carbons (Fsp3) is 0.765. The van der Waals surface area contributed by atoms with E-state index in [1.165, 1.54) is 103 Å². The van der Waals surface area contributed by atoms with Gasteiger partial charge < -0.3 is 39.4 Å². The summed E-state index contributed by atoms with van der Waals surface area (Å²) in [5.41, 5.74) is 0. The number of aliphatic hydroxyl groups is 4. The SMILES string of the molecule is CC/C=C/C/C=C/C/C=C/C/C=C/C/C=C/CCCC(=O)O[C@@H](COC(=O)CCCCCCCCCCCCCCCCCCCCC)CO[C@H]1O[C@@H](CO)[C@@H](O)C(O)C1O. The van der Waals surface area contributed by atoms with Gasteiger partial charge in [-0.1, -0.05) is 190 Å². The monoisotopic (exact) mass is 861 g/mol. The van der Waals surface area contributed by atoms with Crippen molar-refractivity contribution in [2.45, 2.75) is 230 Å². The topological polar surface area (TPSA) is 152 Å². The van der Waals surface area contributed by atoms with E-state index in [9.17, 15) is 30.0 Å². The summed E-state index contributed by atoms with van der Waals surface area (Å²) in [4.78, 5) is 25.4. The first kappa shape index (κ1) is 56.4. The summed E-state index contributed by atoms with van der Waals surface area (Å²) in [6.07, 6.45) is 43.8. The van der Waals surface area contributed by atoms with Gasteiger partial charge in [0.05, 0.1) is 13.2 Å². The lowest BCUT2D eigenvalue weighted by Crippen LogP contribution is -2.59. The fourth-order valence-electron chi connectivity index (χ4n) is 7.11. The van der Waals surface area contributed by atoms with Crippen molar-refractivity contribution >= 4 is 11.9 Å². The molecule has 0 aliphatic carbocycles. The summed E-state index contributed by atoms with van der Waals surface area (Å²) in [5.74, 6) is -0.871. The lowest BCUT2D eigenvalue weighted by molar-refractivity contribution is -0.305. The third kappa shape index (κ3) is 32.7. The maximum absolute atomic E-state index is 12.8. The van der Waals surface area contributed by atoms with Gasteiger partial charge >= 0.3 is 11.9 Å². The Morgan fingerprint density at radius 3 is 1.44 bits per heavy atom. The Labute approximate surface area is 370 Å². The Bertz CT molecular complexity index is 1180. The Hall–Kier alpha value is -2.60. The van der Waals surface area contributed by atoms with E-state index in [0.717, 1.165) is 51.4 Å². The summed E-state index contributed by atoms with van der Waals surface area (Å²) in [5, 5.41) is 40.1. The molecule has 0 aromatic carbocycles. The van der Waals surface area contributed by atoms with Crippen LogP contribution in [0.3, 0.4) is 0 Å². The van der Waals surface area contributed by atoms with Crippen molar-refractivity contribution < 1.29 is 49.0 Å². The van der Waals surface area contributed by atoms with Crippen LogP contribution in [0.15, 0.2) is 60.8 Å². The van der Waals surface area contributed by atoms with E-state index in [4.69, 9.17) is 18.9 Å². The first-order valence-corrected chi connectivity index (χ1v) is 24.4. The molecule has 1 saturated heterocycles. The molecule has 1 heterocycles. The number of aliphatic hydroxyl groups excluding tert-OH is 4. The molecule has 0 radical (unpaired) electrons. The van der Waals surface area contributed by atoms with Gasteiger partial charge in [0.2, 0.25) is 0 Å². The van der Waals surface area contributed by atoms with Crippen LogP contribution >= 0.6 is 0 Å². The zero-order valence-electron chi connectivity index (χ0n) is 38.4. The van der Waals surface area contributed by atoms with Crippen molar-refractivity contribution in [1.82, 2.24) is 0 Å². The standard InChI is InChI=1S/C51H88O10/c1-3-5-7-9-11-13-15-17-19-21-22-24-25-27-29-31-33-35-37-39-46(53)58-42-44(43-59-51-50(57)49(56)48(55)45(41-52)61-51)60-47(54)40-38-36-34-32-30-28-26-23-20-18-16-14-12-10-8-6-4-2/h6,8,12,14,18,20,26,28,32,34,44-45,48-52,55-57H,3-5,7,9-11,13,15-17,19,21-25,27,29-31,33,35-43H2,1-2H3/b8-6+,14-12+,20-18+,28-26+,34-32+/t44-,45-,48+,49?,50?,51-/m0/s1. The van der Waals surface area contributed by atoms with Crippen molar-refractivity contribution in [2.75, 3.05) is 19.8 Å². The molecule has 1 aliphatic rings. The van der Waals surface area contributed by atoms with Gasteiger partial charge in [0.15, 0.2) is 12.4 Å². The molecule has 0 bridgehead atoms. The Morgan fingerprint density at radius 1 is 0.525 bits per heavy atom. The molecular formula is C51H88O10. The Kier molecular flexibility index (Phi) is 38.3. The van der Waals surface area contributed by atoms with Crippen LogP contribution in [0, 0.1) is 0 Å². The van der Waals surface area contributed by atoms with Crippen molar-refractivity contribution in [2.24, 2.45) is 0 Å². The third-order valence-electron chi connectivity index (χ3n) is 10.9. The largest absolute Gasteiger partial charge is 0.462 e. The van der Waals surface area contributed by atoms with Crippen molar-refractivity contribution in [3.63, 3.8) is 0 Å². The van der Waals surface area contributed by atoms with Crippen molar-refractivity contribution in [3.8, 4) is 0 Å². The smallest absolute Gasteiger partial charge is 0.306 e. The average molecular weight is 861 g/mol. The van der Waals surface area contributed by atoms with E-state index in [1.54, 1.807) is 0 Å². The molecule has 0 amide bonds. The molecule has 1 rings (SSSR count). The molecule has 10 heteroatoms. The zero-order chi connectivity index (χ0) is 44.4. The quantitative estimate of drug-likeness (QED) is 0.0266. The number of hydrogen-bond acceptors (Lipinski definition) is 10. The lowest BCUT2D eigenvalue weighted by atomic mass is 9.99. The summed E-state index contributed by atoms with van der Waals surface area (Å²) in [6.45, 7) is 3.27. The highest BCUT2D eigenvalue weighted by atomic mass is 16.7. The van der Waals surface area contributed by atoms with Gasteiger partial charge in [-0.15, -0.1) is 0 Å². The van der Waals surface area contributed by atoms with E-state index >= 15 is 0 Å². The molecule has 4 N–H and O–H groups in total. The highest BCUT2D eigenvalue weighted by Crippen LogP contribution is 2.23. The molecule has 2 unspecified atom stereocenters. The van der Waals surface area contributed by atoms with E-state index in [-0.39, 0.29) is 32.0 Å². The van der Waals surface area contributed by atoms with Crippen LogP contribution < -0.4 is 0 Å². The molecule has 0 saturated carbocycles. The number of hydrogen-bond donors (Lipinski definition) is 4. The minimum Gasteiger partial charge on any atom is -0.462 e. The van der Waals surface area contributed by atoms with Gasteiger partial charge in [0.25, 0.3) is 0 Å². The summed E-state index contributed by atoms with van der Waals surface area (Å²) >= 11 is 0. The maximum Gasteiger partial charge on any atom is 0.306 e. The van der Waals surface area contributed by atoms with Crippen LogP contribution in [0.1, 0.15) is 194 Å². The van der Waals surface area contributed by atoms with Gasteiger partial charge in [0.1, 0.15) is 31.0 Å². The van der Waals surface area contributed by atoms with Crippen LogP contribution in [0.4, 0.5) is 0 Å². The molecule has 0 aromatic heterocycles. The molecule has 0 aromatic rings. The first-order chi connectivity index (χ1) is 29.8. The number of ether oxygens (including phenoxy) is 4. The number of rotatable bonds is 40. The lowest BCUT2D eigenvalue weighted by Gasteiger charge is -2.39. The summed E-state index contributed by atoms with van der Waals surface area (Å²) in [7, 11) is 0. The molecule has 0 spiro atoms. The average Bonchev–Trinajstić information content (AvgIpc) is 3.26. The first-order valence-electron chi connectivity index (χ1n) is 24.4. The zero-order valence-corrected chi connectivity index (χ0v) is 38.4. The van der Waals surface area contributed by atoms with E-state index in [1.807, 2.05) is 6.08 Å². The van der Waals surface area contributed by atoms with Crippen LogP contribution in [-0.4, -0.2) is 89.0 Å². The molecule has 10 nitrogen and oxygen atoms in total. The predicted molar refractivity (Wildman–Crippen MR) is 247 cm³/mol. The molecule has 1 aliphatic heterocycles. The van der Waals surface area contributed by atoms with E-state index < -0.39 is 49.4 Å². The van der Waals surface area contributed by atoms with Crippen LogP contribution in [0.2, 0.25) is 0 Å². The van der Waals surface area contributed by atoms with Crippen LogP contribution in [0.5, 0.6) is 0 Å². The van der Waals surface area contributed by atoms with Crippen molar-refractivity contribution in [3.05, 3.63) is 60.8 Å². The molecule has 352 valence electrons. The summed E-state index contributed by atoms with van der Waals surface area (Å²) in [6, 6.07) is 0. The van der Waals surface area contributed by atoms with Gasteiger partial charge in [-0.05, 0) is 51.4 Å². The number of esters is 2. The van der Waals surface area contributed by atoms with Gasteiger partial charge in [-0.2, -0.15) is 0 Å². The third-order valence-corrected chi connectivity index (χ3v) is 10.9. The number of carbonyl (C=O) groups excluding carboxylic acids is 2. The minimum absolute atomic E-state index is 0.151. The molecular weight excluding hydrogens is 773 g/mol. The van der Waals surface area contributed by atoms with Gasteiger partial charge in [0, 0.05) is 12.8 Å². The molecule has 61 heavy (non-hydrogen) atoms.